The van der Waals surface area contributed by atoms with Gasteiger partial charge in [0, 0.05) is 10.9 Å². The predicted octanol–water partition coefficient (Wildman–Crippen LogP) is 3.48. The molecule has 0 bridgehead atoms. The van der Waals surface area contributed by atoms with Gasteiger partial charge < -0.3 is 28.1 Å². The van der Waals surface area contributed by atoms with Crippen LogP contribution in [0.15, 0.2) is 46.9 Å². The summed E-state index contributed by atoms with van der Waals surface area (Å²) < 4.78 is 33.9. The summed E-state index contributed by atoms with van der Waals surface area (Å²) in [5.74, 6) is -0.578. The van der Waals surface area contributed by atoms with Crippen molar-refractivity contribution in [2.75, 3.05) is 34.5 Å². The van der Waals surface area contributed by atoms with Crippen LogP contribution in [0.1, 0.15) is 21.7 Å². The van der Waals surface area contributed by atoms with Crippen molar-refractivity contribution in [2.45, 2.75) is 5.79 Å². The molecular weight excluding hydrogens is 364 g/mol. The van der Waals surface area contributed by atoms with Crippen molar-refractivity contribution < 1.29 is 32.9 Å². The third kappa shape index (κ3) is 2.71. The number of hydrogen-bond acceptors (Lipinski definition) is 7. The van der Waals surface area contributed by atoms with E-state index in [1.807, 2.05) is 30.3 Å². The first-order valence-corrected chi connectivity index (χ1v) is 8.75. The summed E-state index contributed by atoms with van der Waals surface area (Å²) in [6.07, 6.45) is 0. The van der Waals surface area contributed by atoms with Gasteiger partial charge in [-0.3, -0.25) is 0 Å². The van der Waals surface area contributed by atoms with E-state index in [-0.39, 0.29) is 0 Å². The average Bonchev–Trinajstić information content (AvgIpc) is 3.40. The van der Waals surface area contributed by atoms with Crippen LogP contribution in [0.2, 0.25) is 0 Å². The summed E-state index contributed by atoms with van der Waals surface area (Å²) in [6.45, 7) is 0.826. The lowest BCUT2D eigenvalue weighted by Gasteiger charge is -2.25. The number of esters is 1. The van der Waals surface area contributed by atoms with Gasteiger partial charge in [-0.25, -0.2) is 4.79 Å². The van der Waals surface area contributed by atoms with Crippen molar-refractivity contribution in [3.8, 4) is 11.5 Å². The van der Waals surface area contributed by atoms with E-state index in [2.05, 4.69) is 0 Å². The van der Waals surface area contributed by atoms with E-state index in [9.17, 15) is 4.79 Å². The summed E-state index contributed by atoms with van der Waals surface area (Å²) >= 11 is 0. The molecule has 7 nitrogen and oxygen atoms in total. The summed E-state index contributed by atoms with van der Waals surface area (Å²) in [4.78, 5) is 12.4. The monoisotopic (exact) mass is 384 g/mol. The van der Waals surface area contributed by atoms with Crippen molar-refractivity contribution in [2.24, 2.45) is 0 Å². The molecule has 0 amide bonds. The summed E-state index contributed by atoms with van der Waals surface area (Å²) in [7, 11) is 4.32. The zero-order valence-electron chi connectivity index (χ0n) is 15.8. The van der Waals surface area contributed by atoms with Crippen LogP contribution in [-0.2, 0) is 20.0 Å². The number of furan rings is 1. The first-order chi connectivity index (χ1) is 13.6. The highest BCUT2D eigenvalue weighted by molar-refractivity contribution is 6.06. The predicted molar refractivity (Wildman–Crippen MR) is 99.8 cm³/mol. The van der Waals surface area contributed by atoms with E-state index in [1.165, 1.54) is 21.3 Å². The maximum atomic E-state index is 12.4. The SMILES string of the molecule is COC(=O)c1cc(OC)c(OC)c2oc(C3(c4ccccc4)OCCO3)cc12. The standard InChI is InChI=1S/C21H20O7/c1-23-16-11-15(20(22)25-3)14-12-17(28-18(14)19(16)24-2)21(26-9-10-27-21)13-7-5-4-6-8-13/h4-8,11-12H,9-10H2,1-3H3. The molecule has 1 aliphatic rings. The molecule has 0 saturated carbocycles. The topological polar surface area (TPSA) is 76.4 Å². The molecule has 2 aromatic carbocycles. The van der Waals surface area contributed by atoms with Gasteiger partial charge in [-0.2, -0.15) is 0 Å². The third-order valence-electron chi connectivity index (χ3n) is 4.73. The molecule has 7 heteroatoms. The van der Waals surface area contributed by atoms with Gasteiger partial charge in [0.05, 0.1) is 40.1 Å². The molecule has 146 valence electrons. The van der Waals surface area contributed by atoms with Crippen LogP contribution in [0.4, 0.5) is 0 Å². The molecule has 1 aliphatic heterocycles. The Labute approximate surface area is 161 Å². The van der Waals surface area contributed by atoms with Gasteiger partial charge in [0.2, 0.25) is 5.75 Å². The fraction of sp³-hybridized carbons (Fsp3) is 0.286. The number of fused-ring (bicyclic) bond motifs is 1. The van der Waals surface area contributed by atoms with Crippen LogP contribution in [0.5, 0.6) is 11.5 Å². The smallest absolute Gasteiger partial charge is 0.338 e. The first-order valence-electron chi connectivity index (χ1n) is 8.75. The number of rotatable bonds is 5. The van der Waals surface area contributed by atoms with E-state index in [0.29, 0.717) is 47.0 Å². The fourth-order valence-electron chi connectivity index (χ4n) is 3.45. The van der Waals surface area contributed by atoms with Gasteiger partial charge in [0.1, 0.15) is 0 Å². The van der Waals surface area contributed by atoms with Gasteiger partial charge in [-0.1, -0.05) is 30.3 Å². The molecule has 1 saturated heterocycles. The highest BCUT2D eigenvalue weighted by Crippen LogP contribution is 2.45. The van der Waals surface area contributed by atoms with E-state index >= 15 is 0 Å². The lowest BCUT2D eigenvalue weighted by Crippen LogP contribution is -2.28. The van der Waals surface area contributed by atoms with Gasteiger partial charge in [0.15, 0.2) is 17.1 Å². The highest BCUT2D eigenvalue weighted by atomic mass is 16.7. The minimum atomic E-state index is -1.20. The lowest BCUT2D eigenvalue weighted by molar-refractivity contribution is -0.142. The van der Waals surface area contributed by atoms with Crippen LogP contribution in [0.25, 0.3) is 11.0 Å². The number of carbonyl (C=O) groups excluding carboxylic acids is 1. The molecule has 2 heterocycles. The Morgan fingerprint density at radius 1 is 1.00 bits per heavy atom. The van der Waals surface area contributed by atoms with Crippen molar-refractivity contribution >= 4 is 16.9 Å². The summed E-state index contributed by atoms with van der Waals surface area (Å²) in [5.41, 5.74) is 1.44. The number of ether oxygens (including phenoxy) is 5. The fourth-order valence-corrected chi connectivity index (χ4v) is 3.45. The Hall–Kier alpha value is -3.03. The largest absolute Gasteiger partial charge is 0.493 e. The molecule has 3 aromatic rings. The maximum absolute atomic E-state index is 12.4. The van der Waals surface area contributed by atoms with Crippen LogP contribution >= 0.6 is 0 Å². The molecular formula is C21H20O7. The molecule has 1 fully saturated rings. The molecule has 0 spiro atoms. The number of benzene rings is 2. The van der Waals surface area contributed by atoms with Crippen molar-refractivity contribution in [3.05, 3.63) is 59.4 Å². The number of carbonyl (C=O) groups is 1. The zero-order chi connectivity index (χ0) is 19.7. The van der Waals surface area contributed by atoms with Crippen LogP contribution < -0.4 is 9.47 Å². The Morgan fingerprint density at radius 3 is 2.32 bits per heavy atom. The number of methoxy groups -OCH3 is 3. The maximum Gasteiger partial charge on any atom is 0.338 e. The van der Waals surface area contributed by atoms with Crippen molar-refractivity contribution in [1.82, 2.24) is 0 Å². The molecule has 0 aliphatic carbocycles. The minimum Gasteiger partial charge on any atom is -0.493 e. The van der Waals surface area contributed by atoms with Crippen LogP contribution in [-0.4, -0.2) is 40.5 Å². The quantitative estimate of drug-likeness (QED) is 0.623. The van der Waals surface area contributed by atoms with Gasteiger partial charge in [-0.05, 0) is 12.1 Å². The molecule has 0 radical (unpaired) electrons. The van der Waals surface area contributed by atoms with Gasteiger partial charge >= 0.3 is 5.97 Å². The molecule has 0 N–H and O–H groups in total. The molecule has 28 heavy (non-hydrogen) atoms. The Morgan fingerprint density at radius 2 is 1.71 bits per heavy atom. The normalized spacial score (nSPS) is 15.5. The lowest BCUT2D eigenvalue weighted by atomic mass is 10.0. The Bertz CT molecular complexity index is 1000. The van der Waals surface area contributed by atoms with Gasteiger partial charge in [-0.15, -0.1) is 0 Å². The zero-order valence-corrected chi connectivity index (χ0v) is 15.8. The minimum absolute atomic E-state index is 0.298. The van der Waals surface area contributed by atoms with Crippen LogP contribution in [0, 0.1) is 0 Å². The van der Waals surface area contributed by atoms with E-state index < -0.39 is 11.8 Å². The second-order valence-corrected chi connectivity index (χ2v) is 6.18. The van der Waals surface area contributed by atoms with Crippen LogP contribution in [0.3, 0.4) is 0 Å². The second kappa shape index (κ2) is 7.18. The molecule has 4 rings (SSSR count). The van der Waals surface area contributed by atoms with Gasteiger partial charge in [0.25, 0.3) is 5.79 Å². The Kier molecular flexibility index (Phi) is 4.70. The van der Waals surface area contributed by atoms with E-state index in [1.54, 1.807) is 12.1 Å². The highest BCUT2D eigenvalue weighted by Gasteiger charge is 2.44. The van der Waals surface area contributed by atoms with E-state index in [0.717, 1.165) is 5.56 Å². The molecule has 0 unspecified atom stereocenters. The third-order valence-corrected chi connectivity index (χ3v) is 4.73. The second-order valence-electron chi connectivity index (χ2n) is 6.18. The van der Waals surface area contributed by atoms with Crippen molar-refractivity contribution in [1.29, 1.82) is 0 Å². The summed E-state index contributed by atoms with van der Waals surface area (Å²) in [5, 5.41) is 0.522. The van der Waals surface area contributed by atoms with Crippen molar-refractivity contribution in [3.63, 3.8) is 0 Å². The number of hydrogen-bond donors (Lipinski definition) is 0. The molecule has 0 atom stereocenters. The van der Waals surface area contributed by atoms with E-state index in [4.69, 9.17) is 28.1 Å². The summed E-state index contributed by atoms with van der Waals surface area (Å²) in [6, 6.07) is 12.8. The Balaban J connectivity index is 1.99. The average molecular weight is 384 g/mol. The molecule has 1 aromatic heterocycles. The first kappa shape index (κ1) is 18.3.